The maximum Gasteiger partial charge on any atom is 0.348 e. The summed E-state index contributed by atoms with van der Waals surface area (Å²) >= 11 is 0.895. The summed E-state index contributed by atoms with van der Waals surface area (Å²) in [5.74, 6) is -1.41. The molecule has 1 aliphatic heterocycles. The number of amides is 1. The number of likely N-dealkylation sites (tertiary alicyclic amines) is 1. The first-order valence-corrected chi connectivity index (χ1v) is 13.2. The predicted octanol–water partition coefficient (Wildman–Crippen LogP) is 2.77. The van der Waals surface area contributed by atoms with Gasteiger partial charge in [-0.05, 0) is 57.4 Å². The van der Waals surface area contributed by atoms with Crippen molar-refractivity contribution in [2.45, 2.75) is 52.3 Å². The SMILES string of the molecule is CCOC(=O)c1sc2c(c1C)c(=O)n([C@@H](C)C(=O)N1CCCC1)c(=O)n2C[C@H](O)c1cc(F)ccc1OC. The summed E-state index contributed by atoms with van der Waals surface area (Å²) in [7, 11) is 1.37. The monoisotopic (exact) mass is 547 g/mol. The van der Waals surface area contributed by atoms with Gasteiger partial charge in [-0.15, -0.1) is 11.3 Å². The van der Waals surface area contributed by atoms with Crippen LogP contribution in [0.5, 0.6) is 5.75 Å². The summed E-state index contributed by atoms with van der Waals surface area (Å²) < 4.78 is 26.4. The molecule has 3 aromatic rings. The number of aromatic nitrogens is 2. The molecule has 0 bridgehead atoms. The summed E-state index contributed by atoms with van der Waals surface area (Å²) in [6.07, 6.45) is 0.265. The number of aliphatic hydroxyl groups excluding tert-OH is 1. The van der Waals surface area contributed by atoms with Crippen LogP contribution < -0.4 is 16.0 Å². The number of carbonyl (C=O) groups is 2. The van der Waals surface area contributed by atoms with E-state index in [-0.39, 0.29) is 45.5 Å². The third-order valence-electron chi connectivity index (χ3n) is 6.77. The summed E-state index contributed by atoms with van der Waals surface area (Å²) in [6.45, 7) is 5.52. The summed E-state index contributed by atoms with van der Waals surface area (Å²) in [5, 5.41) is 11.2. The minimum absolute atomic E-state index is 0.0807. The van der Waals surface area contributed by atoms with E-state index in [1.807, 2.05) is 0 Å². The zero-order valence-electron chi connectivity index (χ0n) is 21.7. The maximum absolute atomic E-state index is 14.0. The fourth-order valence-electron chi connectivity index (χ4n) is 4.81. The number of hydrogen-bond acceptors (Lipinski definition) is 8. The number of fused-ring (bicyclic) bond motifs is 1. The van der Waals surface area contributed by atoms with Gasteiger partial charge in [-0.25, -0.2) is 18.5 Å². The van der Waals surface area contributed by atoms with Crippen molar-refractivity contribution >= 4 is 33.4 Å². The molecule has 0 saturated carbocycles. The van der Waals surface area contributed by atoms with Crippen LogP contribution in [0.4, 0.5) is 4.39 Å². The van der Waals surface area contributed by atoms with Crippen molar-refractivity contribution in [3.05, 3.63) is 60.9 Å². The number of aryl methyl sites for hydroxylation is 1. The Hall–Kier alpha value is -3.51. The lowest BCUT2D eigenvalue weighted by atomic mass is 10.1. The molecule has 0 spiro atoms. The molecule has 4 rings (SSSR count). The van der Waals surface area contributed by atoms with Crippen molar-refractivity contribution in [2.24, 2.45) is 0 Å². The van der Waals surface area contributed by atoms with E-state index in [1.54, 1.807) is 18.7 Å². The van der Waals surface area contributed by atoms with Crippen LogP contribution in [-0.2, 0) is 16.1 Å². The van der Waals surface area contributed by atoms with Crippen molar-refractivity contribution in [3.63, 3.8) is 0 Å². The van der Waals surface area contributed by atoms with Gasteiger partial charge in [0.2, 0.25) is 5.91 Å². The zero-order chi connectivity index (χ0) is 27.7. The van der Waals surface area contributed by atoms with Gasteiger partial charge in [0.25, 0.3) is 5.56 Å². The Morgan fingerprint density at radius 2 is 1.89 bits per heavy atom. The van der Waals surface area contributed by atoms with E-state index < -0.39 is 35.2 Å². The molecule has 1 aliphatic rings. The first-order chi connectivity index (χ1) is 18.1. The second kappa shape index (κ2) is 11.1. The van der Waals surface area contributed by atoms with Gasteiger partial charge in [-0.1, -0.05) is 0 Å². The molecule has 12 heteroatoms. The normalized spacial score (nSPS) is 15.1. The molecule has 1 saturated heterocycles. The first kappa shape index (κ1) is 27.5. The largest absolute Gasteiger partial charge is 0.496 e. The van der Waals surface area contributed by atoms with Crippen molar-refractivity contribution in [1.29, 1.82) is 0 Å². The summed E-state index contributed by atoms with van der Waals surface area (Å²) in [5.41, 5.74) is -1.11. The molecule has 38 heavy (non-hydrogen) atoms. The average molecular weight is 548 g/mol. The minimum atomic E-state index is -1.41. The Morgan fingerprint density at radius 3 is 2.53 bits per heavy atom. The van der Waals surface area contributed by atoms with Crippen LogP contribution in [0.3, 0.4) is 0 Å². The molecule has 204 valence electrons. The van der Waals surface area contributed by atoms with Crippen molar-refractivity contribution in [1.82, 2.24) is 14.0 Å². The molecule has 0 radical (unpaired) electrons. The fourth-order valence-corrected chi connectivity index (χ4v) is 6.00. The third kappa shape index (κ3) is 4.85. The zero-order valence-corrected chi connectivity index (χ0v) is 22.5. The molecule has 2 aromatic heterocycles. The molecule has 2 atom stereocenters. The molecule has 0 aliphatic carbocycles. The lowest BCUT2D eigenvalue weighted by Gasteiger charge is -2.23. The van der Waals surface area contributed by atoms with Crippen LogP contribution in [0.25, 0.3) is 10.2 Å². The summed E-state index contributed by atoms with van der Waals surface area (Å²) in [4.78, 5) is 55.2. The van der Waals surface area contributed by atoms with Gasteiger partial charge in [-0.3, -0.25) is 14.2 Å². The highest BCUT2D eigenvalue weighted by atomic mass is 32.1. The Kier molecular flexibility index (Phi) is 8.02. The molecular weight excluding hydrogens is 517 g/mol. The number of hydrogen-bond donors (Lipinski definition) is 1. The molecule has 1 amide bonds. The predicted molar refractivity (Wildman–Crippen MR) is 139 cm³/mol. The number of methoxy groups -OCH3 is 1. The number of carbonyl (C=O) groups excluding carboxylic acids is 2. The average Bonchev–Trinajstić information content (AvgIpc) is 3.54. The van der Waals surface area contributed by atoms with E-state index in [0.717, 1.165) is 39.4 Å². The molecule has 0 unspecified atom stereocenters. The van der Waals surface area contributed by atoms with Gasteiger partial charge in [0.1, 0.15) is 33.4 Å². The van der Waals surface area contributed by atoms with Crippen LogP contribution in [0.15, 0.2) is 27.8 Å². The van der Waals surface area contributed by atoms with Crippen LogP contribution in [0.1, 0.15) is 59.6 Å². The highest BCUT2D eigenvalue weighted by Crippen LogP contribution is 2.32. The van der Waals surface area contributed by atoms with Gasteiger partial charge in [0.15, 0.2) is 0 Å². The Morgan fingerprint density at radius 1 is 1.21 bits per heavy atom. The molecule has 1 fully saturated rings. The number of aliphatic hydroxyl groups is 1. The number of nitrogens with zero attached hydrogens (tertiary/aromatic N) is 3. The van der Waals surface area contributed by atoms with Crippen molar-refractivity contribution in [2.75, 3.05) is 26.8 Å². The number of esters is 1. The molecule has 10 nitrogen and oxygen atoms in total. The number of rotatable bonds is 8. The van der Waals surface area contributed by atoms with Gasteiger partial charge in [0, 0.05) is 18.7 Å². The summed E-state index contributed by atoms with van der Waals surface area (Å²) in [6, 6.07) is 2.53. The van der Waals surface area contributed by atoms with Crippen LogP contribution in [-0.4, -0.2) is 57.8 Å². The smallest absolute Gasteiger partial charge is 0.348 e. The highest BCUT2D eigenvalue weighted by Gasteiger charge is 2.31. The second-order valence-corrected chi connectivity index (χ2v) is 10.1. The molecule has 1 aromatic carbocycles. The van der Waals surface area contributed by atoms with Crippen LogP contribution in [0.2, 0.25) is 0 Å². The van der Waals surface area contributed by atoms with Crippen molar-refractivity contribution < 1.29 is 28.6 Å². The van der Waals surface area contributed by atoms with Crippen LogP contribution in [0, 0.1) is 12.7 Å². The Bertz CT molecular complexity index is 1500. The molecule has 1 N–H and O–H groups in total. The lowest BCUT2D eigenvalue weighted by molar-refractivity contribution is -0.133. The van der Waals surface area contributed by atoms with E-state index in [2.05, 4.69) is 0 Å². The number of thiophene rings is 1. The number of halogens is 1. The minimum Gasteiger partial charge on any atom is -0.496 e. The quantitative estimate of drug-likeness (QED) is 0.431. The maximum atomic E-state index is 14.0. The second-order valence-electron chi connectivity index (χ2n) is 9.14. The Balaban J connectivity index is 1.93. The molecular formula is C26H30FN3O7S. The standard InChI is InChI=1S/C26H30FN3O7S/c1-5-37-25(34)21-14(2)20-23(33)30(15(3)22(32)28-10-6-7-11-28)26(35)29(24(20)38-21)13-18(31)17-12-16(27)8-9-19(17)36-4/h8-9,12,15,18,31H,5-7,10-11,13H2,1-4H3/t15-,18-/m0/s1. The Labute approximate surface area is 221 Å². The topological polar surface area (TPSA) is 120 Å². The fraction of sp³-hybridized carbons (Fsp3) is 0.462. The highest BCUT2D eigenvalue weighted by molar-refractivity contribution is 7.20. The van der Waals surface area contributed by atoms with Crippen LogP contribution >= 0.6 is 11.3 Å². The lowest BCUT2D eigenvalue weighted by Crippen LogP contribution is -2.47. The number of ether oxygens (including phenoxy) is 2. The third-order valence-corrected chi connectivity index (χ3v) is 8.07. The van der Waals surface area contributed by atoms with E-state index in [4.69, 9.17) is 9.47 Å². The van der Waals surface area contributed by atoms with Gasteiger partial charge < -0.3 is 19.5 Å². The van der Waals surface area contributed by atoms with E-state index in [1.165, 1.54) is 26.2 Å². The van der Waals surface area contributed by atoms with E-state index in [0.29, 0.717) is 18.7 Å². The first-order valence-electron chi connectivity index (χ1n) is 12.4. The van der Waals surface area contributed by atoms with E-state index >= 15 is 0 Å². The van der Waals surface area contributed by atoms with Gasteiger partial charge in [-0.2, -0.15) is 0 Å². The number of benzene rings is 1. The van der Waals surface area contributed by atoms with Gasteiger partial charge >= 0.3 is 11.7 Å². The van der Waals surface area contributed by atoms with E-state index in [9.17, 15) is 28.7 Å². The molecule has 3 heterocycles. The van der Waals surface area contributed by atoms with Crippen molar-refractivity contribution in [3.8, 4) is 5.75 Å². The van der Waals surface area contributed by atoms with Gasteiger partial charge in [0.05, 0.1) is 25.6 Å².